The molecule has 186 valence electrons. The summed E-state index contributed by atoms with van der Waals surface area (Å²) in [5.41, 5.74) is 0. The van der Waals surface area contributed by atoms with Crippen LogP contribution in [0, 0.1) is 17.8 Å². The third-order valence-electron chi connectivity index (χ3n) is 7.01. The van der Waals surface area contributed by atoms with E-state index in [2.05, 4.69) is 20.8 Å². The minimum absolute atomic E-state index is 0.313. The fourth-order valence-corrected chi connectivity index (χ4v) is 5.00. The van der Waals surface area contributed by atoms with Gasteiger partial charge in [-0.25, -0.2) is 0 Å². The summed E-state index contributed by atoms with van der Waals surface area (Å²) in [5, 5.41) is 10.9. The number of carboxylic acids is 1. The highest BCUT2D eigenvalue weighted by atomic mass is 16.4. The third kappa shape index (κ3) is 22.5. The summed E-state index contributed by atoms with van der Waals surface area (Å²) < 4.78 is 0. The molecule has 3 atom stereocenters. The van der Waals surface area contributed by atoms with Gasteiger partial charge < -0.3 is 9.90 Å². The van der Waals surface area contributed by atoms with Crippen LogP contribution in [0.4, 0.5) is 0 Å². The highest BCUT2D eigenvalue weighted by Gasteiger charge is 2.13. The first-order valence-electron chi connectivity index (χ1n) is 14.2. The van der Waals surface area contributed by atoms with E-state index < -0.39 is 5.97 Å². The normalized spacial score (nSPS) is 14.5. The summed E-state index contributed by atoms with van der Waals surface area (Å²) >= 11 is 0. The van der Waals surface area contributed by atoms with Crippen molar-refractivity contribution in [3.63, 3.8) is 0 Å². The maximum Gasteiger partial charge on any atom is 0.0442 e. The van der Waals surface area contributed by atoms with Crippen molar-refractivity contribution in [2.45, 2.75) is 163 Å². The Bertz CT molecular complexity index is 379. The SMILES string of the molecule is CCCCCCCCCCCCCCCCCCCC[C@H](C)C[C@H](C)C[C@H](C)C(=O)[O-]. The molecule has 0 aromatic rings. The van der Waals surface area contributed by atoms with E-state index in [9.17, 15) is 9.90 Å². The third-order valence-corrected chi connectivity index (χ3v) is 7.01. The van der Waals surface area contributed by atoms with Crippen LogP contribution >= 0.6 is 0 Å². The molecule has 31 heavy (non-hydrogen) atoms. The summed E-state index contributed by atoms with van der Waals surface area (Å²) in [7, 11) is 0. The van der Waals surface area contributed by atoms with E-state index in [1.54, 1.807) is 6.92 Å². The van der Waals surface area contributed by atoms with Crippen molar-refractivity contribution in [2.24, 2.45) is 17.8 Å². The summed E-state index contributed by atoms with van der Waals surface area (Å²) in [4.78, 5) is 10.9. The topological polar surface area (TPSA) is 40.1 Å². The number of rotatable bonds is 24. The number of hydrogen-bond donors (Lipinski definition) is 0. The molecule has 0 amide bonds. The summed E-state index contributed by atoms with van der Waals surface area (Å²) in [6.07, 6.45) is 28.9. The standard InChI is InChI=1S/C29H58O2/c1-5-6-7-8-9-10-11-12-13-14-15-16-17-18-19-20-21-22-23-26(2)24-27(3)25-28(4)29(30)31/h26-28H,5-25H2,1-4H3,(H,30,31)/p-1/t26-,27-,28-/m0/s1. The first-order chi connectivity index (χ1) is 15.0. The van der Waals surface area contributed by atoms with Gasteiger partial charge in [0.25, 0.3) is 0 Å². The van der Waals surface area contributed by atoms with Crippen LogP contribution in [0.5, 0.6) is 0 Å². The maximum atomic E-state index is 10.9. The summed E-state index contributed by atoms with van der Waals surface area (Å²) in [6.45, 7) is 8.58. The highest BCUT2D eigenvalue weighted by molar-refractivity contribution is 5.66. The van der Waals surface area contributed by atoms with Crippen molar-refractivity contribution in [1.82, 2.24) is 0 Å². The van der Waals surface area contributed by atoms with Crippen molar-refractivity contribution in [3.05, 3.63) is 0 Å². The molecule has 2 heteroatoms. The lowest BCUT2D eigenvalue weighted by Crippen LogP contribution is -2.30. The Kier molecular flexibility index (Phi) is 22.3. The van der Waals surface area contributed by atoms with E-state index >= 15 is 0 Å². The first-order valence-corrected chi connectivity index (χ1v) is 14.2. The molecular formula is C29H57O2-. The fraction of sp³-hybridized carbons (Fsp3) is 0.966. The molecule has 0 aliphatic rings. The first kappa shape index (κ1) is 30.5. The van der Waals surface area contributed by atoms with Gasteiger partial charge in [0.1, 0.15) is 0 Å². The van der Waals surface area contributed by atoms with Gasteiger partial charge in [-0.1, -0.05) is 150 Å². The fourth-order valence-electron chi connectivity index (χ4n) is 5.00. The molecule has 0 aliphatic carbocycles. The number of carboxylic acid groups (broad SMARTS) is 1. The van der Waals surface area contributed by atoms with Gasteiger partial charge in [0.2, 0.25) is 0 Å². The second-order valence-electron chi connectivity index (χ2n) is 10.7. The van der Waals surface area contributed by atoms with E-state index in [1.165, 1.54) is 122 Å². The van der Waals surface area contributed by atoms with Crippen LogP contribution < -0.4 is 5.11 Å². The molecule has 0 unspecified atom stereocenters. The smallest absolute Gasteiger partial charge is 0.0442 e. The number of unbranched alkanes of at least 4 members (excludes halogenated alkanes) is 17. The Balaban J connectivity index is 3.26. The largest absolute Gasteiger partial charge is 0.550 e. The molecule has 0 aromatic heterocycles. The molecule has 0 saturated carbocycles. The van der Waals surface area contributed by atoms with E-state index in [0.29, 0.717) is 11.8 Å². The van der Waals surface area contributed by atoms with Crippen molar-refractivity contribution in [2.75, 3.05) is 0 Å². The van der Waals surface area contributed by atoms with Crippen LogP contribution in [-0.2, 0) is 4.79 Å². The highest BCUT2D eigenvalue weighted by Crippen LogP contribution is 2.23. The number of carbonyl (C=O) groups excluding carboxylic acids is 1. The molecule has 2 nitrogen and oxygen atoms in total. The van der Waals surface area contributed by atoms with Gasteiger partial charge in [-0.2, -0.15) is 0 Å². The zero-order chi connectivity index (χ0) is 23.2. The quantitative estimate of drug-likeness (QED) is 0.141. The Morgan fingerprint density at radius 2 is 0.903 bits per heavy atom. The zero-order valence-electron chi connectivity index (χ0n) is 21.9. The van der Waals surface area contributed by atoms with Gasteiger partial charge in [0.15, 0.2) is 0 Å². The van der Waals surface area contributed by atoms with Gasteiger partial charge in [0, 0.05) is 5.97 Å². The van der Waals surface area contributed by atoms with Crippen LogP contribution in [0.1, 0.15) is 163 Å². The summed E-state index contributed by atoms with van der Waals surface area (Å²) in [6, 6.07) is 0. The minimum Gasteiger partial charge on any atom is -0.550 e. The molecule has 0 aromatic carbocycles. The molecule has 0 saturated heterocycles. The lowest BCUT2D eigenvalue weighted by molar-refractivity contribution is -0.311. The molecule has 0 aliphatic heterocycles. The lowest BCUT2D eigenvalue weighted by Gasteiger charge is -2.21. The molecule has 0 N–H and O–H groups in total. The van der Waals surface area contributed by atoms with Gasteiger partial charge in [-0.15, -0.1) is 0 Å². The van der Waals surface area contributed by atoms with Crippen LogP contribution in [0.2, 0.25) is 0 Å². The van der Waals surface area contributed by atoms with Crippen LogP contribution in [-0.4, -0.2) is 5.97 Å². The van der Waals surface area contributed by atoms with Crippen LogP contribution in [0.25, 0.3) is 0 Å². The molecule has 0 bridgehead atoms. The monoisotopic (exact) mass is 437 g/mol. The van der Waals surface area contributed by atoms with Crippen LogP contribution in [0.15, 0.2) is 0 Å². The maximum absolute atomic E-state index is 10.9. The zero-order valence-corrected chi connectivity index (χ0v) is 21.9. The lowest BCUT2D eigenvalue weighted by atomic mass is 9.87. The Hall–Kier alpha value is -0.530. The molecule has 0 rings (SSSR count). The Labute approximate surface area is 196 Å². The average molecular weight is 438 g/mol. The van der Waals surface area contributed by atoms with Gasteiger partial charge in [-0.05, 0) is 30.6 Å². The molecule has 0 heterocycles. The van der Waals surface area contributed by atoms with E-state index in [4.69, 9.17) is 0 Å². The molecular weight excluding hydrogens is 380 g/mol. The summed E-state index contributed by atoms with van der Waals surface area (Å²) in [5.74, 6) is -0.0150. The Morgan fingerprint density at radius 3 is 1.26 bits per heavy atom. The van der Waals surface area contributed by atoms with Crippen molar-refractivity contribution < 1.29 is 9.90 Å². The second-order valence-corrected chi connectivity index (χ2v) is 10.7. The number of aliphatic carboxylic acids is 1. The van der Waals surface area contributed by atoms with Crippen molar-refractivity contribution in [3.8, 4) is 0 Å². The molecule has 0 radical (unpaired) electrons. The molecule has 0 fully saturated rings. The second kappa shape index (κ2) is 22.7. The van der Waals surface area contributed by atoms with E-state index in [-0.39, 0.29) is 5.92 Å². The van der Waals surface area contributed by atoms with E-state index in [0.717, 1.165) is 12.8 Å². The Morgan fingerprint density at radius 1 is 0.548 bits per heavy atom. The van der Waals surface area contributed by atoms with Crippen LogP contribution in [0.3, 0.4) is 0 Å². The van der Waals surface area contributed by atoms with Gasteiger partial charge >= 0.3 is 0 Å². The van der Waals surface area contributed by atoms with Gasteiger partial charge in [-0.3, -0.25) is 0 Å². The van der Waals surface area contributed by atoms with E-state index in [1.807, 2.05) is 0 Å². The predicted molar refractivity (Wildman–Crippen MR) is 135 cm³/mol. The minimum atomic E-state index is -0.900. The number of carbonyl (C=O) groups is 1. The van der Waals surface area contributed by atoms with Crippen molar-refractivity contribution >= 4 is 5.97 Å². The average Bonchev–Trinajstić information content (AvgIpc) is 2.72. The predicted octanol–water partition coefficient (Wildman–Crippen LogP) is 8.86. The molecule has 0 spiro atoms. The number of hydrogen-bond acceptors (Lipinski definition) is 2. The van der Waals surface area contributed by atoms with Gasteiger partial charge in [0.05, 0.1) is 0 Å². The van der Waals surface area contributed by atoms with Crippen molar-refractivity contribution in [1.29, 1.82) is 0 Å².